The first-order valence-electron chi connectivity index (χ1n) is 9.93. The van der Waals surface area contributed by atoms with E-state index in [9.17, 15) is 4.79 Å². The highest BCUT2D eigenvalue weighted by atomic mass is 16.5. The summed E-state index contributed by atoms with van der Waals surface area (Å²) in [5, 5.41) is 4.19. The molecule has 1 aromatic heterocycles. The Morgan fingerprint density at radius 3 is 2.46 bits per heavy atom. The van der Waals surface area contributed by atoms with Gasteiger partial charge in [0.15, 0.2) is 5.76 Å². The summed E-state index contributed by atoms with van der Waals surface area (Å²) in [7, 11) is 1.65. The molecule has 4 saturated carbocycles. The number of furan rings is 1. The van der Waals surface area contributed by atoms with Gasteiger partial charge in [0.2, 0.25) is 0 Å². The molecule has 2 aromatic rings. The fourth-order valence-corrected chi connectivity index (χ4v) is 6.42. The Morgan fingerprint density at radius 1 is 1.15 bits per heavy atom. The Morgan fingerprint density at radius 2 is 1.81 bits per heavy atom. The summed E-state index contributed by atoms with van der Waals surface area (Å²) >= 11 is 0. The largest absolute Gasteiger partial charge is 0.451 e. The Hall–Kier alpha value is -1.81. The molecule has 4 bridgehead atoms. The maximum Gasteiger partial charge on any atom is 0.287 e. The van der Waals surface area contributed by atoms with Crippen LogP contribution in [0.25, 0.3) is 11.0 Å². The van der Waals surface area contributed by atoms with Crippen molar-refractivity contribution in [2.45, 2.75) is 45.1 Å². The van der Waals surface area contributed by atoms with Gasteiger partial charge in [0.05, 0.1) is 6.61 Å². The Labute approximate surface area is 154 Å². The van der Waals surface area contributed by atoms with Crippen LogP contribution >= 0.6 is 0 Å². The molecule has 1 N–H and O–H groups in total. The first kappa shape index (κ1) is 16.4. The predicted molar refractivity (Wildman–Crippen MR) is 99.9 cm³/mol. The van der Waals surface area contributed by atoms with Crippen LogP contribution in [0.2, 0.25) is 0 Å². The highest BCUT2D eigenvalue weighted by molar-refractivity contribution is 5.99. The van der Waals surface area contributed by atoms with Crippen LogP contribution in [-0.2, 0) is 11.3 Å². The van der Waals surface area contributed by atoms with Crippen LogP contribution in [0, 0.1) is 23.2 Å². The summed E-state index contributed by atoms with van der Waals surface area (Å²) in [5.41, 5.74) is 1.93. The summed E-state index contributed by atoms with van der Waals surface area (Å²) in [6, 6.07) is 7.79. The van der Waals surface area contributed by atoms with Crippen LogP contribution in [-0.4, -0.2) is 19.6 Å². The third kappa shape index (κ3) is 2.66. The lowest BCUT2D eigenvalue weighted by Gasteiger charge is -2.56. The smallest absolute Gasteiger partial charge is 0.287 e. The van der Waals surface area contributed by atoms with Crippen LogP contribution in [0.4, 0.5) is 0 Å². The minimum absolute atomic E-state index is 0.0935. The lowest BCUT2D eigenvalue weighted by atomic mass is 9.49. The molecule has 1 amide bonds. The number of hydrogen-bond acceptors (Lipinski definition) is 3. The molecule has 0 radical (unpaired) electrons. The van der Waals surface area contributed by atoms with Crippen LogP contribution in [0.1, 0.15) is 54.6 Å². The number of rotatable bonds is 5. The number of para-hydroxylation sites is 1. The first-order valence-corrected chi connectivity index (χ1v) is 9.93. The summed E-state index contributed by atoms with van der Waals surface area (Å²) in [4.78, 5) is 12.9. The molecular formula is C22H27NO3. The SMILES string of the molecule is COCc1c(C(=O)NCC23CC4CC(CC(C4)C2)C3)oc2ccccc12. The number of carbonyl (C=O) groups excluding carboxylic acids is 1. The number of benzene rings is 1. The number of hydrogen-bond donors (Lipinski definition) is 1. The number of nitrogens with one attached hydrogen (secondary N) is 1. The molecule has 1 aromatic carbocycles. The minimum Gasteiger partial charge on any atom is -0.451 e. The molecular weight excluding hydrogens is 326 g/mol. The van der Waals surface area contributed by atoms with Crippen molar-refractivity contribution in [3.8, 4) is 0 Å². The molecule has 4 aliphatic carbocycles. The van der Waals surface area contributed by atoms with Gasteiger partial charge in [0.25, 0.3) is 5.91 Å². The topological polar surface area (TPSA) is 51.5 Å². The second kappa shape index (κ2) is 6.12. The Bertz CT molecular complexity index is 802. The molecule has 0 atom stereocenters. The van der Waals surface area contributed by atoms with Crippen molar-refractivity contribution >= 4 is 16.9 Å². The highest BCUT2D eigenvalue weighted by Crippen LogP contribution is 2.59. The lowest BCUT2D eigenvalue weighted by Crippen LogP contribution is -2.51. The van der Waals surface area contributed by atoms with E-state index in [2.05, 4.69) is 5.32 Å². The number of carbonyl (C=O) groups is 1. The Kier molecular flexibility index (Phi) is 3.85. The molecule has 26 heavy (non-hydrogen) atoms. The van der Waals surface area contributed by atoms with Crippen molar-refractivity contribution in [2.75, 3.05) is 13.7 Å². The van der Waals surface area contributed by atoms with Crippen LogP contribution < -0.4 is 5.32 Å². The molecule has 0 unspecified atom stereocenters. The van der Waals surface area contributed by atoms with Gasteiger partial charge in [-0.25, -0.2) is 0 Å². The zero-order valence-corrected chi connectivity index (χ0v) is 15.4. The van der Waals surface area contributed by atoms with Gasteiger partial charge in [0.1, 0.15) is 5.58 Å². The second-order valence-corrected chi connectivity index (χ2v) is 8.94. The predicted octanol–water partition coefficient (Wildman–Crippen LogP) is 4.53. The number of amides is 1. The average Bonchev–Trinajstić information content (AvgIpc) is 2.98. The molecule has 138 valence electrons. The normalized spacial score (nSPS) is 32.3. The van der Waals surface area contributed by atoms with E-state index in [1.165, 1.54) is 38.5 Å². The van der Waals surface area contributed by atoms with Crippen molar-refractivity contribution in [1.82, 2.24) is 5.32 Å². The first-order chi connectivity index (χ1) is 12.7. The van der Waals surface area contributed by atoms with Gasteiger partial charge < -0.3 is 14.5 Å². The van der Waals surface area contributed by atoms with Gasteiger partial charge in [-0.15, -0.1) is 0 Å². The van der Waals surface area contributed by atoms with Crippen molar-refractivity contribution in [2.24, 2.45) is 23.2 Å². The standard InChI is InChI=1S/C22H27NO3/c1-25-12-18-17-4-2-3-5-19(17)26-20(18)21(24)23-13-22-9-14-6-15(10-22)8-16(7-14)11-22/h2-5,14-16H,6-13H2,1H3,(H,23,24). The van der Waals surface area contributed by atoms with Crippen molar-refractivity contribution < 1.29 is 13.9 Å². The van der Waals surface area contributed by atoms with Crippen molar-refractivity contribution in [3.63, 3.8) is 0 Å². The molecule has 0 aliphatic heterocycles. The number of fused-ring (bicyclic) bond motifs is 1. The Balaban J connectivity index is 1.36. The fourth-order valence-electron chi connectivity index (χ4n) is 6.42. The van der Waals surface area contributed by atoms with E-state index >= 15 is 0 Å². The minimum atomic E-state index is -0.0935. The zero-order valence-electron chi connectivity index (χ0n) is 15.4. The summed E-state index contributed by atoms with van der Waals surface area (Å²) in [6.45, 7) is 1.18. The summed E-state index contributed by atoms with van der Waals surface area (Å²) < 4.78 is 11.2. The molecule has 1 heterocycles. The van der Waals surface area contributed by atoms with E-state index in [-0.39, 0.29) is 5.91 Å². The maximum absolute atomic E-state index is 12.9. The van der Waals surface area contributed by atoms with E-state index in [0.717, 1.165) is 40.8 Å². The van der Waals surface area contributed by atoms with E-state index in [1.807, 2.05) is 24.3 Å². The van der Waals surface area contributed by atoms with E-state index in [1.54, 1.807) is 7.11 Å². The maximum atomic E-state index is 12.9. The fraction of sp³-hybridized carbons (Fsp3) is 0.591. The summed E-state index contributed by atoms with van der Waals surface area (Å²) in [6.07, 6.45) is 8.16. The van der Waals surface area contributed by atoms with Gasteiger partial charge in [-0.1, -0.05) is 18.2 Å². The van der Waals surface area contributed by atoms with E-state index in [4.69, 9.17) is 9.15 Å². The third-order valence-corrected chi connectivity index (χ3v) is 6.98. The molecule has 6 rings (SSSR count). The van der Waals surface area contributed by atoms with Gasteiger partial charge >= 0.3 is 0 Å². The van der Waals surface area contributed by atoms with Crippen LogP contribution in [0.3, 0.4) is 0 Å². The monoisotopic (exact) mass is 353 g/mol. The highest BCUT2D eigenvalue weighted by Gasteiger charge is 2.50. The molecule has 0 spiro atoms. The van der Waals surface area contributed by atoms with Gasteiger partial charge in [-0.3, -0.25) is 4.79 Å². The third-order valence-electron chi connectivity index (χ3n) is 6.98. The second-order valence-electron chi connectivity index (χ2n) is 8.94. The van der Waals surface area contributed by atoms with Crippen LogP contribution in [0.15, 0.2) is 28.7 Å². The average molecular weight is 353 g/mol. The van der Waals surface area contributed by atoms with Gasteiger partial charge in [-0.2, -0.15) is 0 Å². The lowest BCUT2D eigenvalue weighted by molar-refractivity contribution is -0.0504. The number of ether oxygens (including phenoxy) is 1. The van der Waals surface area contributed by atoms with E-state index < -0.39 is 0 Å². The van der Waals surface area contributed by atoms with Gasteiger partial charge in [-0.05, 0) is 67.8 Å². The van der Waals surface area contributed by atoms with Crippen molar-refractivity contribution in [1.29, 1.82) is 0 Å². The van der Waals surface area contributed by atoms with Crippen LogP contribution in [0.5, 0.6) is 0 Å². The molecule has 4 nitrogen and oxygen atoms in total. The molecule has 0 saturated heterocycles. The molecule has 4 heteroatoms. The molecule has 4 aliphatic rings. The van der Waals surface area contributed by atoms with E-state index in [0.29, 0.717) is 17.8 Å². The van der Waals surface area contributed by atoms with Crippen molar-refractivity contribution in [3.05, 3.63) is 35.6 Å². The van der Waals surface area contributed by atoms with Gasteiger partial charge in [0, 0.05) is 24.6 Å². The molecule has 4 fully saturated rings. The zero-order chi connectivity index (χ0) is 17.7. The quantitative estimate of drug-likeness (QED) is 0.859. The number of methoxy groups -OCH3 is 1. The summed E-state index contributed by atoms with van der Waals surface area (Å²) in [5.74, 6) is 3.01.